The molecule has 1 aliphatic carbocycles. The summed E-state index contributed by atoms with van der Waals surface area (Å²) in [7, 11) is 0. The Balaban J connectivity index is 1.32. The van der Waals surface area contributed by atoms with Crippen LogP contribution in [0.5, 0.6) is 0 Å². The lowest BCUT2D eigenvalue weighted by molar-refractivity contribution is 0.174. The minimum absolute atomic E-state index is 0.0593. The van der Waals surface area contributed by atoms with E-state index in [1.54, 1.807) is 22.1 Å². The van der Waals surface area contributed by atoms with Crippen molar-refractivity contribution in [2.75, 3.05) is 18.4 Å². The van der Waals surface area contributed by atoms with Crippen molar-refractivity contribution in [1.82, 2.24) is 19.7 Å². The fourth-order valence-electron chi connectivity index (χ4n) is 4.12. The number of nitrogens with one attached hydrogen (secondary N) is 1. The molecule has 1 saturated heterocycles. The van der Waals surface area contributed by atoms with Gasteiger partial charge in [0.2, 0.25) is 0 Å². The third-order valence-corrected chi connectivity index (χ3v) is 7.10. The van der Waals surface area contributed by atoms with Gasteiger partial charge in [-0.2, -0.15) is 5.10 Å². The standard InChI is InChI=1S/C22H31N5O2S/c1-22(2,3)18-8-9-19(28)27(25-18)14-15-10-12-26(13-11-15)21(29)24-20-23-16-6-4-5-7-17(16)30-20/h8-9,15H,4-7,10-14H2,1-3H3,(H,23,24,29). The number of anilines is 1. The van der Waals surface area contributed by atoms with Gasteiger partial charge in [-0.05, 0) is 50.5 Å². The molecule has 1 fully saturated rings. The Hall–Kier alpha value is -2.22. The van der Waals surface area contributed by atoms with Crippen molar-refractivity contribution in [2.45, 2.75) is 71.3 Å². The first-order chi connectivity index (χ1) is 14.3. The first-order valence-corrected chi connectivity index (χ1v) is 11.7. The zero-order valence-corrected chi connectivity index (χ0v) is 18.9. The third-order valence-electron chi connectivity index (χ3n) is 6.03. The molecule has 2 amide bonds. The van der Waals surface area contributed by atoms with E-state index in [2.05, 4.69) is 36.2 Å². The van der Waals surface area contributed by atoms with E-state index in [-0.39, 0.29) is 17.0 Å². The lowest BCUT2D eigenvalue weighted by Gasteiger charge is -2.32. The normalized spacial score (nSPS) is 17.6. The van der Waals surface area contributed by atoms with Gasteiger partial charge >= 0.3 is 6.03 Å². The van der Waals surface area contributed by atoms with E-state index in [1.807, 2.05) is 11.0 Å². The minimum Gasteiger partial charge on any atom is -0.324 e. The number of hydrogen-bond acceptors (Lipinski definition) is 5. The molecule has 1 aliphatic heterocycles. The number of fused-ring (bicyclic) bond motifs is 1. The molecule has 8 heteroatoms. The lowest BCUT2D eigenvalue weighted by Crippen LogP contribution is -2.42. The minimum atomic E-state index is -0.0913. The molecule has 0 unspecified atom stereocenters. The fraction of sp³-hybridized carbons (Fsp3) is 0.636. The number of piperidine rings is 1. The molecule has 0 atom stereocenters. The summed E-state index contributed by atoms with van der Waals surface area (Å²) < 4.78 is 1.60. The monoisotopic (exact) mass is 429 g/mol. The number of carbonyl (C=O) groups excluding carboxylic acids is 1. The maximum absolute atomic E-state index is 12.7. The van der Waals surface area contributed by atoms with E-state index in [9.17, 15) is 9.59 Å². The van der Waals surface area contributed by atoms with Gasteiger partial charge in [-0.3, -0.25) is 10.1 Å². The molecule has 1 N–H and O–H groups in total. The second-order valence-electron chi connectivity index (χ2n) is 9.45. The van der Waals surface area contributed by atoms with Crippen LogP contribution in [0.2, 0.25) is 0 Å². The summed E-state index contributed by atoms with van der Waals surface area (Å²) in [5.41, 5.74) is 1.93. The number of thiazole rings is 1. The number of aromatic nitrogens is 3. The highest BCUT2D eigenvalue weighted by Crippen LogP contribution is 2.30. The van der Waals surface area contributed by atoms with Crippen molar-refractivity contribution in [3.8, 4) is 0 Å². The Morgan fingerprint density at radius 3 is 2.63 bits per heavy atom. The highest BCUT2D eigenvalue weighted by atomic mass is 32.1. The Labute approximate surface area is 181 Å². The maximum Gasteiger partial charge on any atom is 0.323 e. The molecule has 0 saturated carbocycles. The molecule has 0 aromatic carbocycles. The van der Waals surface area contributed by atoms with Crippen molar-refractivity contribution in [3.05, 3.63) is 38.8 Å². The van der Waals surface area contributed by atoms with Crippen LogP contribution in [0.3, 0.4) is 0 Å². The van der Waals surface area contributed by atoms with Crippen LogP contribution < -0.4 is 10.9 Å². The van der Waals surface area contributed by atoms with Crippen molar-refractivity contribution >= 4 is 22.5 Å². The zero-order chi connectivity index (χ0) is 21.3. The molecule has 4 rings (SSSR count). The number of rotatable bonds is 3. The van der Waals surface area contributed by atoms with Crippen LogP contribution in [0.1, 0.15) is 62.7 Å². The van der Waals surface area contributed by atoms with E-state index < -0.39 is 0 Å². The third kappa shape index (κ3) is 4.74. The van der Waals surface area contributed by atoms with Crippen LogP contribution in [-0.2, 0) is 24.8 Å². The van der Waals surface area contributed by atoms with Crippen molar-refractivity contribution in [1.29, 1.82) is 0 Å². The summed E-state index contributed by atoms with van der Waals surface area (Å²) in [6.07, 6.45) is 6.25. The predicted molar refractivity (Wildman–Crippen MR) is 119 cm³/mol. The van der Waals surface area contributed by atoms with Gasteiger partial charge in [0.1, 0.15) is 0 Å². The molecule has 2 aliphatic rings. The molecule has 0 bridgehead atoms. The van der Waals surface area contributed by atoms with Gasteiger partial charge in [-0.1, -0.05) is 20.8 Å². The summed E-state index contributed by atoms with van der Waals surface area (Å²) in [4.78, 5) is 32.7. The van der Waals surface area contributed by atoms with Crippen molar-refractivity contribution in [3.63, 3.8) is 0 Å². The number of urea groups is 1. The van der Waals surface area contributed by atoms with Gasteiger partial charge in [0, 0.05) is 36.0 Å². The first kappa shape index (κ1) is 21.0. The van der Waals surface area contributed by atoms with Crippen molar-refractivity contribution < 1.29 is 4.79 Å². The van der Waals surface area contributed by atoms with Gasteiger partial charge in [0.25, 0.3) is 5.56 Å². The van der Waals surface area contributed by atoms with Crippen LogP contribution in [-0.4, -0.2) is 38.8 Å². The molecule has 0 radical (unpaired) electrons. The van der Waals surface area contributed by atoms with Crippen LogP contribution in [0.4, 0.5) is 9.93 Å². The summed E-state index contributed by atoms with van der Waals surface area (Å²) in [5, 5.41) is 8.30. The predicted octanol–water partition coefficient (Wildman–Crippen LogP) is 3.82. The van der Waals surface area contributed by atoms with Gasteiger partial charge in [0.05, 0.1) is 11.4 Å². The molecule has 30 heavy (non-hydrogen) atoms. The van der Waals surface area contributed by atoms with Gasteiger partial charge in [-0.25, -0.2) is 14.5 Å². The average Bonchev–Trinajstić information content (AvgIpc) is 3.11. The Morgan fingerprint density at radius 2 is 1.93 bits per heavy atom. The van der Waals surface area contributed by atoms with E-state index in [1.165, 1.54) is 17.7 Å². The van der Waals surface area contributed by atoms with Gasteiger partial charge in [0.15, 0.2) is 5.13 Å². The molecule has 162 valence electrons. The second kappa shape index (κ2) is 8.49. The van der Waals surface area contributed by atoms with E-state index in [4.69, 9.17) is 0 Å². The zero-order valence-electron chi connectivity index (χ0n) is 18.1. The summed E-state index contributed by atoms with van der Waals surface area (Å²) in [6, 6.07) is 3.37. The number of hydrogen-bond donors (Lipinski definition) is 1. The summed E-state index contributed by atoms with van der Waals surface area (Å²) in [5.74, 6) is 0.349. The van der Waals surface area contributed by atoms with E-state index in [0.717, 1.165) is 42.2 Å². The topological polar surface area (TPSA) is 80.1 Å². The summed E-state index contributed by atoms with van der Waals surface area (Å²) >= 11 is 1.62. The van der Waals surface area contributed by atoms with Gasteiger partial charge < -0.3 is 4.90 Å². The quantitative estimate of drug-likeness (QED) is 0.804. The number of carbonyl (C=O) groups is 1. The van der Waals surface area contributed by atoms with Crippen LogP contribution in [0, 0.1) is 5.92 Å². The molecular weight excluding hydrogens is 398 g/mol. The molecule has 2 aromatic rings. The van der Waals surface area contributed by atoms with Crippen molar-refractivity contribution in [2.24, 2.45) is 5.92 Å². The fourth-order valence-corrected chi connectivity index (χ4v) is 5.16. The second-order valence-corrected chi connectivity index (χ2v) is 10.5. The van der Waals surface area contributed by atoms with Crippen LogP contribution >= 0.6 is 11.3 Å². The largest absolute Gasteiger partial charge is 0.324 e. The lowest BCUT2D eigenvalue weighted by atomic mass is 9.92. The van der Waals surface area contributed by atoms with E-state index in [0.29, 0.717) is 25.6 Å². The Morgan fingerprint density at radius 1 is 1.20 bits per heavy atom. The number of nitrogens with zero attached hydrogens (tertiary/aromatic N) is 4. The maximum atomic E-state index is 12.7. The molecule has 0 spiro atoms. The SMILES string of the molecule is CC(C)(C)c1ccc(=O)n(CC2CCN(C(=O)Nc3nc4c(s3)CCCC4)CC2)n1. The first-order valence-electron chi connectivity index (χ1n) is 10.9. The number of likely N-dealkylation sites (tertiary alicyclic amines) is 1. The average molecular weight is 430 g/mol. The highest BCUT2D eigenvalue weighted by Gasteiger charge is 2.25. The smallest absolute Gasteiger partial charge is 0.323 e. The number of amides is 2. The van der Waals surface area contributed by atoms with Gasteiger partial charge in [-0.15, -0.1) is 11.3 Å². The number of aryl methyl sites for hydroxylation is 2. The van der Waals surface area contributed by atoms with Crippen LogP contribution in [0.15, 0.2) is 16.9 Å². The molecule has 3 heterocycles. The van der Waals surface area contributed by atoms with E-state index >= 15 is 0 Å². The molecule has 7 nitrogen and oxygen atoms in total. The molecular formula is C22H31N5O2S. The Kier molecular flexibility index (Phi) is 5.95. The molecule has 2 aromatic heterocycles. The van der Waals surface area contributed by atoms with Crippen LogP contribution in [0.25, 0.3) is 0 Å². The highest BCUT2D eigenvalue weighted by molar-refractivity contribution is 7.15. The summed E-state index contributed by atoms with van der Waals surface area (Å²) in [6.45, 7) is 8.28. The Bertz CT molecular complexity index is 943.